The van der Waals surface area contributed by atoms with Gasteiger partial charge in [0, 0.05) is 12.7 Å². The average molecular weight is 177 g/mol. The van der Waals surface area contributed by atoms with E-state index >= 15 is 0 Å². The van der Waals surface area contributed by atoms with Gasteiger partial charge in [-0.3, -0.25) is 0 Å². The van der Waals surface area contributed by atoms with E-state index in [1.165, 1.54) is 6.42 Å². The molecule has 3 nitrogen and oxygen atoms in total. The van der Waals surface area contributed by atoms with Gasteiger partial charge in [0.2, 0.25) is 0 Å². The molecule has 3 N–H and O–H groups in total. The Bertz CT molecular complexity index is 298. The molecule has 1 saturated carbocycles. The molecule has 0 bridgehead atoms. The maximum Gasteiger partial charge on any atom is 0.146 e. The Morgan fingerprint density at radius 3 is 3.08 bits per heavy atom. The molecule has 1 aliphatic carbocycles. The third-order valence-electron chi connectivity index (χ3n) is 2.67. The summed E-state index contributed by atoms with van der Waals surface area (Å²) in [7, 11) is 0. The normalized spacial score (nSPS) is 25.6. The van der Waals surface area contributed by atoms with Crippen molar-refractivity contribution >= 4 is 11.5 Å². The second-order valence-electron chi connectivity index (χ2n) is 3.79. The van der Waals surface area contributed by atoms with Crippen molar-refractivity contribution in [3.05, 3.63) is 18.3 Å². The lowest BCUT2D eigenvalue weighted by atomic mass is 10.3. The van der Waals surface area contributed by atoms with E-state index in [2.05, 4.69) is 17.2 Å². The Kier molecular flexibility index (Phi) is 2.08. The van der Waals surface area contributed by atoms with Gasteiger partial charge in [0.15, 0.2) is 0 Å². The Hall–Kier alpha value is -1.25. The highest BCUT2D eigenvalue weighted by Crippen LogP contribution is 2.37. The van der Waals surface area contributed by atoms with E-state index in [1.807, 2.05) is 12.1 Å². The summed E-state index contributed by atoms with van der Waals surface area (Å²) >= 11 is 0. The number of anilines is 2. The fourth-order valence-corrected chi connectivity index (χ4v) is 1.49. The van der Waals surface area contributed by atoms with Crippen LogP contribution in [0.5, 0.6) is 0 Å². The van der Waals surface area contributed by atoms with Crippen LogP contribution in [0.1, 0.15) is 13.3 Å². The molecule has 0 aromatic carbocycles. The summed E-state index contributed by atoms with van der Waals surface area (Å²) in [4.78, 5) is 4.01. The number of nitrogens with zero attached hydrogens (tertiary/aromatic N) is 1. The minimum atomic E-state index is 0.593. The number of nitrogens with one attached hydrogen (secondary N) is 1. The van der Waals surface area contributed by atoms with E-state index in [9.17, 15) is 0 Å². The van der Waals surface area contributed by atoms with Crippen molar-refractivity contribution in [1.29, 1.82) is 0 Å². The molecule has 0 saturated heterocycles. The van der Waals surface area contributed by atoms with E-state index < -0.39 is 0 Å². The quantitative estimate of drug-likeness (QED) is 0.739. The molecular formula is C10H15N3. The number of hydrogen-bond acceptors (Lipinski definition) is 3. The van der Waals surface area contributed by atoms with Gasteiger partial charge in [0.05, 0.1) is 5.69 Å². The van der Waals surface area contributed by atoms with Crippen LogP contribution in [0.15, 0.2) is 18.3 Å². The van der Waals surface area contributed by atoms with Crippen LogP contribution in [-0.4, -0.2) is 11.5 Å². The summed E-state index contributed by atoms with van der Waals surface area (Å²) in [6.45, 7) is 3.30. The van der Waals surface area contributed by atoms with Crippen LogP contribution in [-0.2, 0) is 0 Å². The lowest BCUT2D eigenvalue weighted by Crippen LogP contribution is -2.07. The second kappa shape index (κ2) is 3.24. The fraction of sp³-hybridized carbons (Fsp3) is 0.500. The van der Waals surface area contributed by atoms with E-state index in [0.717, 1.165) is 24.1 Å². The Labute approximate surface area is 78.4 Å². The first-order chi connectivity index (χ1) is 6.27. The summed E-state index contributed by atoms with van der Waals surface area (Å²) in [6.07, 6.45) is 3.05. The molecule has 1 fully saturated rings. The van der Waals surface area contributed by atoms with Gasteiger partial charge in [-0.05, 0) is 30.4 Å². The molecule has 0 amide bonds. The van der Waals surface area contributed by atoms with Gasteiger partial charge in [-0.25, -0.2) is 4.98 Å². The van der Waals surface area contributed by atoms with Crippen molar-refractivity contribution < 1.29 is 0 Å². The number of nitrogens with two attached hydrogens (primary N) is 1. The Morgan fingerprint density at radius 2 is 2.46 bits per heavy atom. The highest BCUT2D eigenvalue weighted by Gasteiger charge is 2.31. The van der Waals surface area contributed by atoms with Gasteiger partial charge in [0.25, 0.3) is 0 Å². The molecule has 2 atom stereocenters. The summed E-state index contributed by atoms with van der Waals surface area (Å²) in [5, 5.41) is 3.32. The number of rotatable bonds is 3. The van der Waals surface area contributed by atoms with Crippen LogP contribution in [0.2, 0.25) is 0 Å². The van der Waals surface area contributed by atoms with Crippen molar-refractivity contribution in [3.8, 4) is 0 Å². The van der Waals surface area contributed by atoms with Gasteiger partial charge in [-0.2, -0.15) is 0 Å². The average Bonchev–Trinajstić information content (AvgIpc) is 2.81. The van der Waals surface area contributed by atoms with E-state index in [1.54, 1.807) is 6.20 Å². The largest absolute Gasteiger partial charge is 0.382 e. The Morgan fingerprint density at radius 1 is 1.69 bits per heavy atom. The van der Waals surface area contributed by atoms with E-state index in [4.69, 9.17) is 5.73 Å². The smallest absolute Gasteiger partial charge is 0.146 e. The first-order valence-corrected chi connectivity index (χ1v) is 4.71. The van der Waals surface area contributed by atoms with Crippen molar-refractivity contribution in [2.24, 2.45) is 11.8 Å². The number of hydrogen-bond donors (Lipinski definition) is 2. The molecule has 0 radical (unpaired) electrons. The first kappa shape index (κ1) is 8.35. The van der Waals surface area contributed by atoms with Crippen LogP contribution < -0.4 is 11.1 Å². The first-order valence-electron chi connectivity index (χ1n) is 4.71. The fourth-order valence-electron chi connectivity index (χ4n) is 1.49. The maximum atomic E-state index is 5.69. The third-order valence-corrected chi connectivity index (χ3v) is 2.67. The molecule has 1 aliphatic rings. The molecule has 2 rings (SSSR count). The Balaban J connectivity index is 1.90. The van der Waals surface area contributed by atoms with Crippen molar-refractivity contribution in [3.63, 3.8) is 0 Å². The van der Waals surface area contributed by atoms with Gasteiger partial charge >= 0.3 is 0 Å². The predicted molar refractivity (Wildman–Crippen MR) is 54.4 cm³/mol. The SMILES string of the molecule is CC1CC1CNc1cccnc1N. The zero-order chi connectivity index (χ0) is 9.26. The summed E-state index contributed by atoms with van der Waals surface area (Å²) in [6, 6.07) is 3.87. The lowest BCUT2D eigenvalue weighted by molar-refractivity contribution is 0.787. The number of nitrogen functional groups attached to an aromatic ring is 1. The van der Waals surface area contributed by atoms with Gasteiger partial charge in [0.1, 0.15) is 5.82 Å². The molecule has 1 heterocycles. The molecule has 0 aliphatic heterocycles. The summed E-state index contributed by atoms with van der Waals surface area (Å²) in [5.41, 5.74) is 6.65. The lowest BCUT2D eigenvalue weighted by Gasteiger charge is -2.06. The van der Waals surface area contributed by atoms with Gasteiger partial charge in [-0.1, -0.05) is 6.92 Å². The molecule has 13 heavy (non-hydrogen) atoms. The molecular weight excluding hydrogens is 162 g/mol. The highest BCUT2D eigenvalue weighted by atomic mass is 15.0. The summed E-state index contributed by atoms with van der Waals surface area (Å²) in [5.74, 6) is 2.31. The van der Waals surface area contributed by atoms with Crippen LogP contribution in [0.4, 0.5) is 11.5 Å². The third kappa shape index (κ3) is 1.91. The maximum absolute atomic E-state index is 5.69. The van der Waals surface area contributed by atoms with Crippen LogP contribution in [0, 0.1) is 11.8 Å². The molecule has 1 aromatic heterocycles. The predicted octanol–water partition coefficient (Wildman–Crippen LogP) is 1.73. The van der Waals surface area contributed by atoms with Gasteiger partial charge < -0.3 is 11.1 Å². The van der Waals surface area contributed by atoms with Crippen molar-refractivity contribution in [2.75, 3.05) is 17.6 Å². The zero-order valence-corrected chi connectivity index (χ0v) is 7.83. The molecule has 0 spiro atoms. The van der Waals surface area contributed by atoms with E-state index in [0.29, 0.717) is 5.82 Å². The highest BCUT2D eigenvalue weighted by molar-refractivity contribution is 5.60. The second-order valence-corrected chi connectivity index (χ2v) is 3.79. The topological polar surface area (TPSA) is 50.9 Å². The summed E-state index contributed by atoms with van der Waals surface area (Å²) < 4.78 is 0. The molecule has 70 valence electrons. The van der Waals surface area contributed by atoms with E-state index in [-0.39, 0.29) is 0 Å². The van der Waals surface area contributed by atoms with Gasteiger partial charge in [-0.15, -0.1) is 0 Å². The van der Waals surface area contributed by atoms with Crippen LogP contribution >= 0.6 is 0 Å². The molecule has 3 heteroatoms. The minimum absolute atomic E-state index is 0.593. The standard InChI is InChI=1S/C10H15N3/c1-7-5-8(7)6-13-9-3-2-4-12-10(9)11/h2-4,7-8,13H,5-6H2,1H3,(H2,11,12). The number of pyridine rings is 1. The monoisotopic (exact) mass is 177 g/mol. The van der Waals surface area contributed by atoms with Crippen LogP contribution in [0.3, 0.4) is 0 Å². The molecule has 1 aromatic rings. The van der Waals surface area contributed by atoms with Crippen molar-refractivity contribution in [1.82, 2.24) is 4.98 Å². The van der Waals surface area contributed by atoms with Crippen LogP contribution in [0.25, 0.3) is 0 Å². The number of aromatic nitrogens is 1. The molecule has 2 unspecified atom stereocenters. The zero-order valence-electron chi connectivity index (χ0n) is 7.83. The van der Waals surface area contributed by atoms with Crippen molar-refractivity contribution in [2.45, 2.75) is 13.3 Å². The minimum Gasteiger partial charge on any atom is -0.382 e.